The zero-order valence-corrected chi connectivity index (χ0v) is 36.5. The summed E-state index contributed by atoms with van der Waals surface area (Å²) in [6.45, 7) is -17.3. The van der Waals surface area contributed by atoms with Gasteiger partial charge in [0.2, 0.25) is 0 Å². The first-order valence-electron chi connectivity index (χ1n) is 29.0. The van der Waals surface area contributed by atoms with Crippen LogP contribution < -0.4 is 0 Å². The summed E-state index contributed by atoms with van der Waals surface area (Å²) in [6.07, 6.45) is 1.57. The van der Waals surface area contributed by atoms with Crippen LogP contribution in [-0.2, 0) is 31.9 Å². The number of aromatic hydroxyl groups is 1. The van der Waals surface area contributed by atoms with Gasteiger partial charge in [0.25, 0.3) is 0 Å². The molecule has 9 aromatic rings. The number of aryl methyl sites for hydroxylation is 2. The summed E-state index contributed by atoms with van der Waals surface area (Å²) in [7, 11) is 0. The van der Waals surface area contributed by atoms with Gasteiger partial charge in [-0.3, -0.25) is 9.55 Å². The van der Waals surface area contributed by atoms with Crippen LogP contribution in [0.5, 0.6) is 5.75 Å². The standard InChI is InChI=1S/C58H52N3O.Pt/c1-37-30-38(2)55(62)50(31-37)56-60-54-48(20-15-21-53(54)61(56)52-27-26-47(58(6,7)8)36-49(52)41-18-13-10-14-19-41)44-32-43(39-16-11-9-12-17-39)33-45(34-44)51-35-42(28-29-59-51)40-22-24-46(25-23-40)57(3,4)5;/h9-33,35-36,62H,1-8H3;/q-1;/i3D3,4D3,5D3,6D3,7D3,8D3;. The Balaban J connectivity index is 0.00000860. The predicted octanol–water partition coefficient (Wildman–Crippen LogP) is 15.1. The fourth-order valence-corrected chi connectivity index (χ4v) is 8.01. The van der Waals surface area contributed by atoms with Crippen LogP contribution in [0.15, 0.2) is 164 Å². The van der Waals surface area contributed by atoms with E-state index in [1.165, 1.54) is 42.5 Å². The zero-order chi connectivity index (χ0) is 58.3. The number of benzene rings is 7. The van der Waals surface area contributed by atoms with Gasteiger partial charge in [-0.15, -0.1) is 23.8 Å². The number of fused-ring (bicyclic) bond motifs is 1. The Morgan fingerprint density at radius 2 is 1.21 bits per heavy atom. The van der Waals surface area contributed by atoms with Crippen molar-refractivity contribution in [3.63, 3.8) is 0 Å². The third-order valence-electron chi connectivity index (χ3n) is 11.1. The van der Waals surface area contributed by atoms with E-state index in [0.29, 0.717) is 66.9 Å². The normalized spacial score (nSPS) is 17.2. The van der Waals surface area contributed by atoms with Gasteiger partial charge in [0.1, 0.15) is 11.6 Å². The number of aromatic nitrogens is 3. The zero-order valence-electron chi connectivity index (χ0n) is 52.2. The quantitative estimate of drug-likeness (QED) is 0.162. The van der Waals surface area contributed by atoms with Crippen LogP contribution in [0.2, 0.25) is 0 Å². The minimum Gasteiger partial charge on any atom is -0.507 e. The van der Waals surface area contributed by atoms with Crippen LogP contribution in [0, 0.1) is 19.9 Å². The Morgan fingerprint density at radius 1 is 0.556 bits per heavy atom. The summed E-state index contributed by atoms with van der Waals surface area (Å²) in [6, 6.07) is 47.7. The van der Waals surface area contributed by atoms with Crippen molar-refractivity contribution in [3.05, 3.63) is 192 Å². The second-order valence-electron chi connectivity index (χ2n) is 15.6. The minimum absolute atomic E-state index is 0. The van der Waals surface area contributed by atoms with Crippen molar-refractivity contribution in [1.82, 2.24) is 14.5 Å². The van der Waals surface area contributed by atoms with Crippen LogP contribution in [-0.4, -0.2) is 19.6 Å². The summed E-state index contributed by atoms with van der Waals surface area (Å²) in [5, 5.41) is 11.9. The molecule has 63 heavy (non-hydrogen) atoms. The first-order valence-corrected chi connectivity index (χ1v) is 20.0. The number of phenolic OH excluding ortho intramolecular Hbond substituents is 1. The molecule has 0 radical (unpaired) electrons. The van der Waals surface area contributed by atoms with Crippen LogP contribution in [0.1, 0.15) is 88.0 Å². The maximum Gasteiger partial charge on any atom is 0.148 e. The van der Waals surface area contributed by atoms with Gasteiger partial charge >= 0.3 is 0 Å². The molecule has 0 amide bonds. The van der Waals surface area contributed by atoms with Gasteiger partial charge in [-0.2, -0.15) is 0 Å². The molecule has 4 nitrogen and oxygen atoms in total. The molecule has 2 heterocycles. The number of phenols is 1. The summed E-state index contributed by atoms with van der Waals surface area (Å²) in [5.41, 5.74) is 1.12. The van der Waals surface area contributed by atoms with E-state index >= 15 is 0 Å². The minimum atomic E-state index is -3.54. The average molecular weight is 1020 g/mol. The predicted molar refractivity (Wildman–Crippen MR) is 259 cm³/mol. The van der Waals surface area contributed by atoms with Crippen LogP contribution >= 0.6 is 0 Å². The van der Waals surface area contributed by atoms with Gasteiger partial charge in [-0.25, -0.2) is 4.98 Å². The van der Waals surface area contributed by atoms with Gasteiger partial charge in [0.15, 0.2) is 0 Å². The monoisotopic (exact) mass is 1020 g/mol. The van der Waals surface area contributed by atoms with Gasteiger partial charge in [0, 0.05) is 63.2 Å². The van der Waals surface area contributed by atoms with Crippen molar-refractivity contribution in [2.75, 3.05) is 0 Å². The van der Waals surface area contributed by atoms with E-state index in [1.54, 1.807) is 66.2 Å². The maximum absolute atomic E-state index is 11.9. The largest absolute Gasteiger partial charge is 0.507 e. The molecule has 0 aliphatic heterocycles. The molecule has 0 aliphatic rings. The van der Waals surface area contributed by atoms with Crippen LogP contribution in [0.3, 0.4) is 0 Å². The molecule has 0 fully saturated rings. The second-order valence-corrected chi connectivity index (χ2v) is 15.6. The third-order valence-corrected chi connectivity index (χ3v) is 11.1. The topological polar surface area (TPSA) is 50.9 Å². The smallest absolute Gasteiger partial charge is 0.148 e. The third kappa shape index (κ3) is 8.58. The molecular weight excluding hydrogens is 950 g/mol. The molecule has 0 unspecified atom stereocenters. The number of pyridine rings is 1. The van der Waals surface area contributed by atoms with Gasteiger partial charge in [-0.1, -0.05) is 173 Å². The summed E-state index contributed by atoms with van der Waals surface area (Å²) < 4.78 is 153. The summed E-state index contributed by atoms with van der Waals surface area (Å²) in [5.74, 6) is 0.161. The van der Waals surface area contributed by atoms with Crippen molar-refractivity contribution in [3.8, 4) is 78.6 Å². The Morgan fingerprint density at radius 3 is 1.92 bits per heavy atom. The SMILES string of the molecule is [2H]C([2H])([2H])C(c1ccc(-c2ccnc(-c3[c-]c(-c4cccc5c4nc(-c4cc(C)cc(C)c4O)n5-c4ccc(C(C([2H])([2H])[2H])(C([2H])([2H])[2H])C([2H])([2H])[2H])cc4-c4ccccc4)cc(-c4ccccc4)c3)c2)cc1)(C([2H])([2H])[2H])C([2H])([2H])[2H].[Pt]. The Kier molecular flexibility index (Phi) is 7.13. The fourth-order valence-electron chi connectivity index (χ4n) is 8.01. The molecule has 5 heteroatoms. The maximum atomic E-state index is 11.9. The number of nitrogens with zero attached hydrogens (tertiary/aromatic N) is 3. The van der Waals surface area contributed by atoms with E-state index in [4.69, 9.17) is 34.6 Å². The first kappa shape index (κ1) is 26.3. The van der Waals surface area contributed by atoms with E-state index in [2.05, 4.69) is 6.07 Å². The van der Waals surface area contributed by atoms with Crippen molar-refractivity contribution in [2.24, 2.45) is 0 Å². The van der Waals surface area contributed by atoms with Crippen LogP contribution in [0.4, 0.5) is 0 Å². The number of hydrogen-bond acceptors (Lipinski definition) is 3. The summed E-state index contributed by atoms with van der Waals surface area (Å²) >= 11 is 0. The van der Waals surface area contributed by atoms with E-state index in [-0.39, 0.29) is 43.8 Å². The van der Waals surface area contributed by atoms with Gasteiger partial charge < -0.3 is 5.11 Å². The van der Waals surface area contributed by atoms with Crippen molar-refractivity contribution in [1.29, 1.82) is 0 Å². The molecule has 0 saturated heterocycles. The average Bonchev–Trinajstić information content (AvgIpc) is 3.14. The van der Waals surface area contributed by atoms with Crippen molar-refractivity contribution in [2.45, 2.75) is 65.8 Å². The number of hydrogen-bond donors (Lipinski definition) is 1. The Bertz CT molecular complexity index is 3710. The molecule has 1 N–H and O–H groups in total. The Hall–Kier alpha value is -6.35. The van der Waals surface area contributed by atoms with E-state index < -0.39 is 57.5 Å². The molecule has 7 aromatic carbocycles. The van der Waals surface area contributed by atoms with Crippen molar-refractivity contribution < 1.29 is 50.8 Å². The second kappa shape index (κ2) is 17.1. The molecule has 0 saturated carbocycles. The molecule has 9 rings (SSSR count). The first-order chi connectivity index (χ1) is 37.2. The summed E-state index contributed by atoms with van der Waals surface area (Å²) in [4.78, 5) is 10.1. The molecule has 0 spiro atoms. The molecule has 0 atom stereocenters. The fraction of sp³-hybridized carbons (Fsp3) is 0.172. The van der Waals surface area contributed by atoms with Gasteiger partial charge in [-0.05, 0) is 99.5 Å². The van der Waals surface area contributed by atoms with E-state index in [0.717, 1.165) is 16.7 Å². The molecule has 0 bridgehead atoms. The van der Waals surface area contributed by atoms with E-state index in [9.17, 15) is 5.11 Å². The van der Waals surface area contributed by atoms with Crippen LogP contribution in [0.25, 0.3) is 83.9 Å². The Labute approximate surface area is 411 Å². The van der Waals surface area contributed by atoms with E-state index in [1.807, 2.05) is 73.7 Å². The van der Waals surface area contributed by atoms with Gasteiger partial charge in [0.05, 0.1) is 22.3 Å². The molecule has 2 aromatic heterocycles. The molecular formula is C58H52N3OPt-. The number of imidazole rings is 1. The molecule has 316 valence electrons. The molecule has 0 aliphatic carbocycles. The number of para-hydroxylation sites is 1. The van der Waals surface area contributed by atoms with Crippen molar-refractivity contribution >= 4 is 11.0 Å². The number of rotatable bonds is 7.